The third kappa shape index (κ3) is 5.05. The van der Waals surface area contributed by atoms with Gasteiger partial charge >= 0.3 is 0 Å². The Balaban J connectivity index is 1.67. The average molecular weight is 290 g/mol. The van der Waals surface area contributed by atoms with Gasteiger partial charge < -0.3 is 14.5 Å². The van der Waals surface area contributed by atoms with E-state index >= 15 is 0 Å². The molecular formula is C17H26N2O2. The molecule has 0 N–H and O–H groups in total. The molecule has 1 saturated heterocycles. The Hall–Kier alpha value is -1.55. The van der Waals surface area contributed by atoms with Crippen molar-refractivity contribution in [3.63, 3.8) is 0 Å². The second kappa shape index (κ2) is 8.03. The van der Waals surface area contributed by atoms with Crippen molar-refractivity contribution in [1.82, 2.24) is 9.80 Å². The zero-order valence-electron chi connectivity index (χ0n) is 13.1. The predicted octanol–water partition coefficient (Wildman–Crippen LogP) is 2.26. The lowest BCUT2D eigenvalue weighted by molar-refractivity contribution is -0.134. The van der Waals surface area contributed by atoms with Crippen LogP contribution in [-0.4, -0.2) is 56.0 Å². The van der Waals surface area contributed by atoms with Gasteiger partial charge in [0.05, 0.1) is 12.5 Å². The normalized spacial score (nSPS) is 19.2. The van der Waals surface area contributed by atoms with Gasteiger partial charge in [-0.2, -0.15) is 0 Å². The molecular weight excluding hydrogens is 264 g/mol. The first-order valence-electron chi connectivity index (χ1n) is 7.78. The molecule has 1 atom stereocenters. The maximum absolute atomic E-state index is 12.0. The van der Waals surface area contributed by atoms with Crippen molar-refractivity contribution in [3.05, 3.63) is 30.3 Å². The fraction of sp³-hybridized carbons (Fsp3) is 0.588. The number of likely N-dealkylation sites (tertiary alicyclic amines) is 1. The second-order valence-electron chi connectivity index (χ2n) is 5.89. The van der Waals surface area contributed by atoms with E-state index in [1.807, 2.05) is 44.4 Å². The number of carbonyl (C=O) groups excluding carboxylic acids is 1. The van der Waals surface area contributed by atoms with Gasteiger partial charge in [0, 0.05) is 27.2 Å². The van der Waals surface area contributed by atoms with Crippen molar-refractivity contribution in [3.8, 4) is 5.75 Å². The van der Waals surface area contributed by atoms with E-state index in [-0.39, 0.29) is 11.8 Å². The van der Waals surface area contributed by atoms with Gasteiger partial charge in [-0.3, -0.25) is 4.79 Å². The van der Waals surface area contributed by atoms with Gasteiger partial charge in [0.2, 0.25) is 5.91 Å². The summed E-state index contributed by atoms with van der Waals surface area (Å²) in [6, 6.07) is 9.91. The lowest BCUT2D eigenvalue weighted by Gasteiger charge is -2.33. The molecule has 1 aromatic rings. The van der Waals surface area contributed by atoms with Crippen LogP contribution in [0.4, 0.5) is 0 Å². The minimum absolute atomic E-state index is 0.170. The minimum Gasteiger partial charge on any atom is -0.494 e. The molecule has 1 aromatic carbocycles. The molecule has 1 heterocycles. The average Bonchev–Trinajstić information content (AvgIpc) is 2.52. The van der Waals surface area contributed by atoms with Crippen LogP contribution in [-0.2, 0) is 4.79 Å². The largest absolute Gasteiger partial charge is 0.494 e. The van der Waals surface area contributed by atoms with Gasteiger partial charge in [0.15, 0.2) is 0 Å². The van der Waals surface area contributed by atoms with Gasteiger partial charge in [0.1, 0.15) is 5.75 Å². The van der Waals surface area contributed by atoms with E-state index in [0.717, 1.165) is 51.3 Å². The standard InChI is InChI=1S/C17H26N2O2/c1-18(2)17(20)15-8-6-11-19(14-15)12-7-13-21-16-9-4-3-5-10-16/h3-5,9-10,15H,6-8,11-14H2,1-2H3/t15-/m1/s1. The topological polar surface area (TPSA) is 32.8 Å². The summed E-state index contributed by atoms with van der Waals surface area (Å²) in [4.78, 5) is 16.1. The quantitative estimate of drug-likeness (QED) is 0.753. The molecule has 0 aromatic heterocycles. The lowest BCUT2D eigenvalue weighted by Crippen LogP contribution is -2.43. The smallest absolute Gasteiger partial charge is 0.226 e. The van der Waals surface area contributed by atoms with Crippen molar-refractivity contribution in [2.24, 2.45) is 5.92 Å². The Bertz CT molecular complexity index is 434. The van der Waals surface area contributed by atoms with E-state index in [2.05, 4.69) is 4.90 Å². The second-order valence-corrected chi connectivity index (χ2v) is 5.89. The number of para-hydroxylation sites is 1. The summed E-state index contributed by atoms with van der Waals surface area (Å²) in [5.74, 6) is 1.36. The van der Waals surface area contributed by atoms with Crippen LogP contribution in [0.5, 0.6) is 5.75 Å². The SMILES string of the molecule is CN(C)C(=O)[C@@H]1CCCN(CCCOc2ccccc2)C1. The van der Waals surface area contributed by atoms with E-state index in [1.165, 1.54) is 0 Å². The van der Waals surface area contributed by atoms with Gasteiger partial charge in [-0.05, 0) is 37.9 Å². The fourth-order valence-corrected chi connectivity index (χ4v) is 2.82. The summed E-state index contributed by atoms with van der Waals surface area (Å²) >= 11 is 0. The fourth-order valence-electron chi connectivity index (χ4n) is 2.82. The number of carbonyl (C=O) groups is 1. The number of amides is 1. The molecule has 1 aliphatic heterocycles. The summed E-state index contributed by atoms with van der Waals surface area (Å²) in [6.07, 6.45) is 3.13. The summed E-state index contributed by atoms with van der Waals surface area (Å²) < 4.78 is 5.71. The van der Waals surface area contributed by atoms with Crippen LogP contribution >= 0.6 is 0 Å². The highest BCUT2D eigenvalue weighted by molar-refractivity contribution is 5.78. The van der Waals surface area contributed by atoms with Crippen LogP contribution in [0, 0.1) is 5.92 Å². The summed E-state index contributed by atoms with van der Waals surface area (Å²) in [5.41, 5.74) is 0. The highest BCUT2D eigenvalue weighted by atomic mass is 16.5. The van der Waals surface area contributed by atoms with Gasteiger partial charge in [-0.1, -0.05) is 18.2 Å². The van der Waals surface area contributed by atoms with Crippen LogP contribution in [0.15, 0.2) is 30.3 Å². The lowest BCUT2D eigenvalue weighted by atomic mass is 9.96. The van der Waals surface area contributed by atoms with Gasteiger partial charge in [0.25, 0.3) is 0 Å². The molecule has 4 heteroatoms. The summed E-state index contributed by atoms with van der Waals surface area (Å²) in [5, 5.41) is 0. The van der Waals surface area contributed by atoms with Crippen LogP contribution < -0.4 is 4.74 Å². The number of benzene rings is 1. The highest BCUT2D eigenvalue weighted by Crippen LogP contribution is 2.18. The van der Waals surface area contributed by atoms with Gasteiger partial charge in [-0.15, -0.1) is 0 Å². The number of hydrogen-bond donors (Lipinski definition) is 0. The molecule has 0 saturated carbocycles. The van der Waals surface area contributed by atoms with Crippen molar-refractivity contribution in [2.45, 2.75) is 19.3 Å². The zero-order valence-corrected chi connectivity index (χ0v) is 13.1. The monoisotopic (exact) mass is 290 g/mol. The van der Waals surface area contributed by atoms with E-state index in [4.69, 9.17) is 4.74 Å². The third-order valence-corrected chi connectivity index (χ3v) is 3.93. The molecule has 0 aliphatic carbocycles. The molecule has 2 rings (SSSR count). The molecule has 0 spiro atoms. The first-order valence-corrected chi connectivity index (χ1v) is 7.78. The Morgan fingerprint density at radius 2 is 2.10 bits per heavy atom. The molecule has 4 nitrogen and oxygen atoms in total. The predicted molar refractivity (Wildman–Crippen MR) is 84.4 cm³/mol. The Labute approximate surface area is 127 Å². The molecule has 1 aliphatic rings. The van der Waals surface area contributed by atoms with Crippen LogP contribution in [0.3, 0.4) is 0 Å². The Morgan fingerprint density at radius 1 is 1.33 bits per heavy atom. The van der Waals surface area contributed by atoms with E-state index in [1.54, 1.807) is 4.90 Å². The van der Waals surface area contributed by atoms with E-state index in [9.17, 15) is 4.79 Å². The van der Waals surface area contributed by atoms with E-state index < -0.39 is 0 Å². The van der Waals surface area contributed by atoms with Crippen LogP contribution in [0.1, 0.15) is 19.3 Å². The third-order valence-electron chi connectivity index (χ3n) is 3.93. The summed E-state index contributed by atoms with van der Waals surface area (Å²) in [6.45, 7) is 3.72. The molecule has 1 amide bonds. The zero-order chi connectivity index (χ0) is 15.1. The van der Waals surface area contributed by atoms with Crippen molar-refractivity contribution in [2.75, 3.05) is 40.3 Å². The highest BCUT2D eigenvalue weighted by Gasteiger charge is 2.26. The number of ether oxygens (including phenoxy) is 1. The molecule has 0 bridgehead atoms. The molecule has 116 valence electrons. The Morgan fingerprint density at radius 3 is 2.81 bits per heavy atom. The number of hydrogen-bond acceptors (Lipinski definition) is 3. The molecule has 0 unspecified atom stereocenters. The molecule has 0 radical (unpaired) electrons. The van der Waals surface area contributed by atoms with Crippen molar-refractivity contribution >= 4 is 5.91 Å². The van der Waals surface area contributed by atoms with Crippen molar-refractivity contribution < 1.29 is 9.53 Å². The maximum Gasteiger partial charge on any atom is 0.226 e. The number of rotatable bonds is 6. The van der Waals surface area contributed by atoms with Crippen molar-refractivity contribution in [1.29, 1.82) is 0 Å². The minimum atomic E-state index is 0.170. The molecule has 21 heavy (non-hydrogen) atoms. The Kier molecular flexibility index (Phi) is 6.05. The van der Waals surface area contributed by atoms with Crippen LogP contribution in [0.2, 0.25) is 0 Å². The van der Waals surface area contributed by atoms with E-state index in [0.29, 0.717) is 0 Å². The molecule has 1 fully saturated rings. The number of nitrogens with zero attached hydrogens (tertiary/aromatic N) is 2. The maximum atomic E-state index is 12.0. The number of piperidine rings is 1. The first kappa shape index (κ1) is 15.8. The van der Waals surface area contributed by atoms with Crippen LogP contribution in [0.25, 0.3) is 0 Å². The first-order chi connectivity index (χ1) is 10.2. The summed E-state index contributed by atoms with van der Waals surface area (Å²) in [7, 11) is 3.68. The van der Waals surface area contributed by atoms with Gasteiger partial charge in [-0.25, -0.2) is 0 Å².